The van der Waals surface area contributed by atoms with Crippen molar-refractivity contribution < 1.29 is 14.3 Å². The van der Waals surface area contributed by atoms with Crippen LogP contribution in [0.5, 0.6) is 0 Å². The van der Waals surface area contributed by atoms with E-state index in [2.05, 4.69) is 5.10 Å². The molecule has 7 nitrogen and oxygen atoms in total. The van der Waals surface area contributed by atoms with Gasteiger partial charge in [0.1, 0.15) is 0 Å². The summed E-state index contributed by atoms with van der Waals surface area (Å²) in [7, 11) is 1.74. The average molecular weight is 308 g/mol. The lowest BCUT2D eigenvalue weighted by atomic mass is 10.1. The zero-order valence-corrected chi connectivity index (χ0v) is 13.8. The summed E-state index contributed by atoms with van der Waals surface area (Å²) in [6.45, 7) is 8.41. The van der Waals surface area contributed by atoms with Crippen molar-refractivity contribution in [1.29, 1.82) is 0 Å². The molecule has 0 aromatic carbocycles. The smallest absolute Gasteiger partial charge is 0.356 e. The number of nitrogens with zero attached hydrogens (tertiary/aromatic N) is 4. The Labute approximate surface area is 130 Å². The van der Waals surface area contributed by atoms with E-state index in [0.29, 0.717) is 44.9 Å². The fourth-order valence-electron chi connectivity index (χ4n) is 2.81. The van der Waals surface area contributed by atoms with Gasteiger partial charge in [-0.2, -0.15) is 5.10 Å². The quantitative estimate of drug-likeness (QED) is 0.789. The van der Waals surface area contributed by atoms with E-state index in [1.54, 1.807) is 28.5 Å². The van der Waals surface area contributed by atoms with Crippen molar-refractivity contribution in [3.8, 4) is 0 Å². The number of hydrogen-bond donors (Lipinski definition) is 0. The van der Waals surface area contributed by atoms with Crippen LogP contribution in [0.1, 0.15) is 42.5 Å². The predicted octanol–water partition coefficient (Wildman–Crippen LogP) is 1.42. The van der Waals surface area contributed by atoms with E-state index in [1.807, 2.05) is 13.8 Å². The molecule has 1 aromatic heterocycles. The van der Waals surface area contributed by atoms with E-state index in [0.717, 1.165) is 11.3 Å². The lowest BCUT2D eigenvalue weighted by Gasteiger charge is -2.31. The Morgan fingerprint density at radius 1 is 1.27 bits per heavy atom. The molecule has 0 aliphatic carbocycles. The summed E-state index contributed by atoms with van der Waals surface area (Å²) in [5.74, 6) is -0.379. The number of ether oxygens (including phenoxy) is 1. The standard InChI is InChI=1S/C15H24N4O3/c1-5-18(6-2)15(21)19-9-8-12-11(10-19)13(17(4)16-12)14(20)22-7-3/h5-10H2,1-4H3. The van der Waals surface area contributed by atoms with Gasteiger partial charge in [-0.3, -0.25) is 4.68 Å². The molecule has 1 aliphatic heterocycles. The van der Waals surface area contributed by atoms with Crippen molar-refractivity contribution in [3.05, 3.63) is 17.0 Å². The first-order chi connectivity index (χ1) is 10.5. The van der Waals surface area contributed by atoms with Gasteiger partial charge in [-0.15, -0.1) is 0 Å². The molecule has 0 unspecified atom stereocenters. The zero-order valence-electron chi connectivity index (χ0n) is 13.8. The number of carbonyl (C=O) groups is 2. The lowest BCUT2D eigenvalue weighted by molar-refractivity contribution is 0.0510. The summed E-state index contributed by atoms with van der Waals surface area (Å²) in [5.41, 5.74) is 2.15. The minimum atomic E-state index is -0.379. The number of fused-ring (bicyclic) bond motifs is 1. The summed E-state index contributed by atoms with van der Waals surface area (Å²) in [5, 5.41) is 4.40. The Kier molecular flexibility index (Phi) is 5.05. The Bertz CT molecular complexity index is 563. The Morgan fingerprint density at radius 3 is 2.55 bits per heavy atom. The molecule has 0 saturated carbocycles. The van der Waals surface area contributed by atoms with Crippen molar-refractivity contribution in [2.75, 3.05) is 26.2 Å². The SMILES string of the molecule is CCOC(=O)c1c2c(nn1C)CCN(C(=O)N(CC)CC)C2. The Hall–Kier alpha value is -2.05. The van der Waals surface area contributed by atoms with Crippen LogP contribution in [0.2, 0.25) is 0 Å². The van der Waals surface area contributed by atoms with Crippen LogP contribution in [-0.4, -0.2) is 57.8 Å². The van der Waals surface area contributed by atoms with Crippen LogP contribution in [0.15, 0.2) is 0 Å². The molecule has 7 heteroatoms. The molecule has 2 rings (SSSR count). The number of hydrogen-bond acceptors (Lipinski definition) is 4. The maximum atomic E-state index is 12.5. The molecular weight excluding hydrogens is 284 g/mol. The van der Waals surface area contributed by atoms with Gasteiger partial charge in [-0.1, -0.05) is 0 Å². The van der Waals surface area contributed by atoms with Crippen molar-refractivity contribution in [1.82, 2.24) is 19.6 Å². The number of carbonyl (C=O) groups excluding carboxylic acids is 2. The second-order valence-corrected chi connectivity index (χ2v) is 5.24. The third-order valence-electron chi connectivity index (χ3n) is 3.97. The van der Waals surface area contributed by atoms with Gasteiger partial charge in [0.05, 0.1) is 18.8 Å². The van der Waals surface area contributed by atoms with Crippen molar-refractivity contribution in [3.63, 3.8) is 0 Å². The summed E-state index contributed by atoms with van der Waals surface area (Å²) in [4.78, 5) is 28.2. The molecule has 0 spiro atoms. The van der Waals surface area contributed by atoms with Gasteiger partial charge in [0.15, 0.2) is 5.69 Å². The minimum Gasteiger partial charge on any atom is -0.461 e. The van der Waals surface area contributed by atoms with E-state index in [1.165, 1.54) is 0 Å². The number of amides is 2. The van der Waals surface area contributed by atoms with Gasteiger partial charge in [0.25, 0.3) is 0 Å². The number of aromatic nitrogens is 2. The molecule has 0 N–H and O–H groups in total. The van der Waals surface area contributed by atoms with E-state index in [-0.39, 0.29) is 12.0 Å². The molecule has 122 valence electrons. The number of aryl methyl sites for hydroxylation is 1. The normalized spacial score (nSPS) is 13.7. The monoisotopic (exact) mass is 308 g/mol. The van der Waals surface area contributed by atoms with Gasteiger partial charge in [0, 0.05) is 38.7 Å². The average Bonchev–Trinajstić information content (AvgIpc) is 2.83. The fourth-order valence-corrected chi connectivity index (χ4v) is 2.81. The van der Waals surface area contributed by atoms with E-state index in [9.17, 15) is 9.59 Å². The third-order valence-corrected chi connectivity index (χ3v) is 3.97. The highest BCUT2D eigenvalue weighted by molar-refractivity contribution is 5.90. The molecule has 2 heterocycles. The second-order valence-electron chi connectivity index (χ2n) is 5.24. The first-order valence-electron chi connectivity index (χ1n) is 7.79. The van der Waals surface area contributed by atoms with Crippen molar-refractivity contribution in [2.24, 2.45) is 7.05 Å². The van der Waals surface area contributed by atoms with Gasteiger partial charge >= 0.3 is 12.0 Å². The van der Waals surface area contributed by atoms with Crippen molar-refractivity contribution in [2.45, 2.75) is 33.7 Å². The third kappa shape index (κ3) is 2.93. The molecule has 0 bridgehead atoms. The maximum absolute atomic E-state index is 12.5. The van der Waals surface area contributed by atoms with Crippen LogP contribution in [-0.2, 0) is 24.8 Å². The summed E-state index contributed by atoms with van der Waals surface area (Å²) in [6.07, 6.45) is 0.662. The van der Waals surface area contributed by atoms with Gasteiger partial charge in [-0.25, -0.2) is 9.59 Å². The highest BCUT2D eigenvalue weighted by Crippen LogP contribution is 2.23. The first kappa shape index (κ1) is 16.3. The van der Waals surface area contributed by atoms with Crippen molar-refractivity contribution >= 4 is 12.0 Å². The Morgan fingerprint density at radius 2 is 1.95 bits per heavy atom. The molecule has 0 atom stereocenters. The van der Waals surface area contributed by atoms with Gasteiger partial charge in [0.2, 0.25) is 0 Å². The predicted molar refractivity (Wildman–Crippen MR) is 81.6 cm³/mol. The summed E-state index contributed by atoms with van der Waals surface area (Å²) in [6, 6.07) is 0.00862. The molecule has 2 amide bonds. The number of rotatable bonds is 4. The molecule has 0 fully saturated rings. The lowest BCUT2D eigenvalue weighted by Crippen LogP contribution is -2.45. The first-order valence-corrected chi connectivity index (χ1v) is 7.79. The molecule has 0 saturated heterocycles. The molecular formula is C15H24N4O3. The van der Waals surface area contributed by atoms with Crippen LogP contribution in [0, 0.1) is 0 Å². The maximum Gasteiger partial charge on any atom is 0.356 e. The summed E-state index contributed by atoms with van der Waals surface area (Å²) >= 11 is 0. The molecule has 22 heavy (non-hydrogen) atoms. The van der Waals surface area contributed by atoms with Crippen LogP contribution in [0.25, 0.3) is 0 Å². The van der Waals surface area contributed by atoms with Crippen LogP contribution >= 0.6 is 0 Å². The highest BCUT2D eigenvalue weighted by atomic mass is 16.5. The second kappa shape index (κ2) is 6.81. The fraction of sp³-hybridized carbons (Fsp3) is 0.667. The van der Waals surface area contributed by atoms with E-state index < -0.39 is 0 Å². The van der Waals surface area contributed by atoms with Crippen LogP contribution < -0.4 is 0 Å². The van der Waals surface area contributed by atoms with Gasteiger partial charge in [-0.05, 0) is 20.8 Å². The van der Waals surface area contributed by atoms with Crippen LogP contribution in [0.3, 0.4) is 0 Å². The van der Waals surface area contributed by atoms with Crippen LogP contribution in [0.4, 0.5) is 4.79 Å². The zero-order chi connectivity index (χ0) is 16.3. The topological polar surface area (TPSA) is 67.7 Å². The molecule has 1 aliphatic rings. The van der Waals surface area contributed by atoms with E-state index in [4.69, 9.17) is 4.74 Å². The summed E-state index contributed by atoms with van der Waals surface area (Å²) < 4.78 is 6.67. The number of esters is 1. The molecule has 0 radical (unpaired) electrons. The van der Waals surface area contributed by atoms with Gasteiger partial charge < -0.3 is 14.5 Å². The minimum absolute atomic E-state index is 0.00862. The number of urea groups is 1. The molecule has 1 aromatic rings. The highest BCUT2D eigenvalue weighted by Gasteiger charge is 2.31. The van der Waals surface area contributed by atoms with E-state index >= 15 is 0 Å². The Balaban J connectivity index is 2.25. The largest absolute Gasteiger partial charge is 0.461 e.